The second-order valence-electron chi connectivity index (χ2n) is 7.23. The fourth-order valence-electron chi connectivity index (χ4n) is 4.20. The van der Waals surface area contributed by atoms with Crippen LogP contribution in [0.2, 0.25) is 0 Å². The van der Waals surface area contributed by atoms with Crippen LogP contribution in [-0.4, -0.2) is 51.0 Å². The number of rotatable bonds is 7. The van der Waals surface area contributed by atoms with Crippen molar-refractivity contribution in [1.82, 2.24) is 10.2 Å². The molecule has 128 valence electrons. The fraction of sp³-hybridized carbons (Fsp3) is 0.667. The Hall–Kier alpha value is -0.910. The van der Waals surface area contributed by atoms with Crippen molar-refractivity contribution < 1.29 is 8.42 Å². The Bertz CT molecular complexity index is 603. The quantitative estimate of drug-likeness (QED) is 0.773. The van der Waals surface area contributed by atoms with Gasteiger partial charge in [0.1, 0.15) is 9.84 Å². The molecule has 1 saturated carbocycles. The molecule has 1 saturated heterocycles. The Morgan fingerprint density at radius 2 is 1.96 bits per heavy atom. The monoisotopic (exact) mass is 336 g/mol. The van der Waals surface area contributed by atoms with Gasteiger partial charge in [-0.15, -0.1) is 0 Å². The molecule has 2 aliphatic rings. The third-order valence-electron chi connectivity index (χ3n) is 5.28. The first-order chi connectivity index (χ1) is 11.0. The summed E-state index contributed by atoms with van der Waals surface area (Å²) in [6.07, 6.45) is 4.59. The highest BCUT2D eigenvalue weighted by molar-refractivity contribution is 7.90. The average Bonchev–Trinajstić information content (AvgIpc) is 3.04. The van der Waals surface area contributed by atoms with E-state index in [2.05, 4.69) is 40.5 Å². The van der Waals surface area contributed by atoms with Gasteiger partial charge in [0, 0.05) is 31.9 Å². The number of nitrogens with zero attached hydrogens (tertiary/aromatic N) is 1. The summed E-state index contributed by atoms with van der Waals surface area (Å²) in [6, 6.07) is 11.3. The molecule has 3 atom stereocenters. The molecule has 0 radical (unpaired) electrons. The van der Waals surface area contributed by atoms with Crippen LogP contribution in [0, 0.1) is 11.8 Å². The van der Waals surface area contributed by atoms with Crippen LogP contribution in [0.4, 0.5) is 0 Å². The van der Waals surface area contributed by atoms with Crippen LogP contribution in [0.15, 0.2) is 30.3 Å². The van der Waals surface area contributed by atoms with Gasteiger partial charge in [0.2, 0.25) is 0 Å². The molecule has 1 aliphatic carbocycles. The molecule has 1 aliphatic heterocycles. The number of sulfone groups is 1. The van der Waals surface area contributed by atoms with E-state index < -0.39 is 9.84 Å². The Kier molecular flexibility index (Phi) is 5.39. The highest BCUT2D eigenvalue weighted by atomic mass is 32.2. The van der Waals surface area contributed by atoms with Gasteiger partial charge in [-0.3, -0.25) is 4.90 Å². The van der Waals surface area contributed by atoms with Gasteiger partial charge in [-0.05, 0) is 43.2 Å². The fourth-order valence-corrected chi connectivity index (χ4v) is 4.87. The summed E-state index contributed by atoms with van der Waals surface area (Å²) in [7, 11) is -2.83. The first-order valence-electron chi connectivity index (χ1n) is 8.69. The Balaban J connectivity index is 1.45. The molecule has 1 N–H and O–H groups in total. The predicted molar refractivity (Wildman–Crippen MR) is 94.1 cm³/mol. The Morgan fingerprint density at radius 3 is 2.70 bits per heavy atom. The molecule has 23 heavy (non-hydrogen) atoms. The van der Waals surface area contributed by atoms with Crippen LogP contribution in [0.3, 0.4) is 0 Å². The smallest absolute Gasteiger partial charge is 0.147 e. The summed E-state index contributed by atoms with van der Waals surface area (Å²) in [4.78, 5) is 2.58. The zero-order valence-corrected chi connectivity index (χ0v) is 14.8. The lowest BCUT2D eigenvalue weighted by Gasteiger charge is -2.22. The molecule has 0 unspecified atom stereocenters. The number of fused-ring (bicyclic) bond motifs is 1. The van der Waals surface area contributed by atoms with E-state index in [1.807, 2.05) is 0 Å². The summed E-state index contributed by atoms with van der Waals surface area (Å²) >= 11 is 0. The molecule has 0 amide bonds. The van der Waals surface area contributed by atoms with Crippen molar-refractivity contribution >= 4 is 9.84 Å². The minimum absolute atomic E-state index is 0.293. The molecular weight excluding hydrogens is 308 g/mol. The molecule has 1 aromatic rings. The number of nitrogens with one attached hydrogen (secondary N) is 1. The van der Waals surface area contributed by atoms with Crippen molar-refractivity contribution in [3.05, 3.63) is 35.9 Å². The first-order valence-corrected chi connectivity index (χ1v) is 10.7. The van der Waals surface area contributed by atoms with Gasteiger partial charge in [0.15, 0.2) is 0 Å². The SMILES string of the molecule is CS(=O)(=O)CCCN[C@@H]1CC[C@@H]2CN(Cc3ccccc3)C[C@@H]21. The van der Waals surface area contributed by atoms with E-state index in [9.17, 15) is 8.42 Å². The summed E-state index contributed by atoms with van der Waals surface area (Å²) in [5.41, 5.74) is 1.39. The number of hydrogen-bond acceptors (Lipinski definition) is 4. The lowest BCUT2D eigenvalue weighted by atomic mass is 9.98. The summed E-state index contributed by atoms with van der Waals surface area (Å²) in [5, 5.41) is 3.62. The van der Waals surface area contributed by atoms with Crippen molar-refractivity contribution in [1.29, 1.82) is 0 Å². The number of benzene rings is 1. The van der Waals surface area contributed by atoms with Crippen LogP contribution in [0.1, 0.15) is 24.8 Å². The maximum Gasteiger partial charge on any atom is 0.147 e. The van der Waals surface area contributed by atoms with Crippen LogP contribution in [-0.2, 0) is 16.4 Å². The first kappa shape index (κ1) is 16.9. The van der Waals surface area contributed by atoms with E-state index in [-0.39, 0.29) is 0 Å². The van der Waals surface area contributed by atoms with E-state index in [1.54, 1.807) is 0 Å². The molecule has 3 rings (SSSR count). The molecular formula is C18H28N2O2S. The summed E-state index contributed by atoms with van der Waals surface area (Å²) in [6.45, 7) is 4.25. The van der Waals surface area contributed by atoms with E-state index in [4.69, 9.17) is 0 Å². The normalized spacial score (nSPS) is 28.1. The second-order valence-corrected chi connectivity index (χ2v) is 9.48. The highest BCUT2D eigenvalue weighted by Crippen LogP contribution is 2.38. The number of hydrogen-bond donors (Lipinski definition) is 1. The average molecular weight is 337 g/mol. The van der Waals surface area contributed by atoms with Gasteiger partial charge in [-0.1, -0.05) is 30.3 Å². The maximum absolute atomic E-state index is 11.2. The van der Waals surface area contributed by atoms with E-state index in [0.29, 0.717) is 11.8 Å². The Labute approximate surface area is 140 Å². The zero-order valence-electron chi connectivity index (χ0n) is 13.9. The summed E-state index contributed by atoms with van der Waals surface area (Å²) < 4.78 is 22.4. The van der Waals surface area contributed by atoms with Crippen molar-refractivity contribution in [2.24, 2.45) is 11.8 Å². The van der Waals surface area contributed by atoms with E-state index in [1.165, 1.54) is 37.8 Å². The topological polar surface area (TPSA) is 49.4 Å². The largest absolute Gasteiger partial charge is 0.314 e. The van der Waals surface area contributed by atoms with Crippen LogP contribution in [0.5, 0.6) is 0 Å². The van der Waals surface area contributed by atoms with E-state index in [0.717, 1.165) is 31.3 Å². The van der Waals surface area contributed by atoms with Gasteiger partial charge in [-0.2, -0.15) is 0 Å². The van der Waals surface area contributed by atoms with Crippen molar-refractivity contribution in [2.75, 3.05) is 31.6 Å². The van der Waals surface area contributed by atoms with Gasteiger partial charge in [0.25, 0.3) is 0 Å². The molecule has 0 bridgehead atoms. The highest BCUT2D eigenvalue weighted by Gasteiger charge is 2.41. The molecule has 0 spiro atoms. The van der Waals surface area contributed by atoms with Crippen LogP contribution < -0.4 is 5.32 Å². The zero-order chi connectivity index (χ0) is 16.3. The predicted octanol–water partition coefficient (Wildman–Crippen LogP) is 1.92. The van der Waals surface area contributed by atoms with E-state index >= 15 is 0 Å². The Morgan fingerprint density at radius 1 is 1.17 bits per heavy atom. The third-order valence-corrected chi connectivity index (χ3v) is 6.31. The molecule has 4 nitrogen and oxygen atoms in total. The van der Waals surface area contributed by atoms with Gasteiger partial charge >= 0.3 is 0 Å². The van der Waals surface area contributed by atoms with Gasteiger partial charge in [0.05, 0.1) is 5.75 Å². The molecule has 1 heterocycles. The minimum atomic E-state index is -2.83. The van der Waals surface area contributed by atoms with Crippen LogP contribution >= 0.6 is 0 Å². The van der Waals surface area contributed by atoms with Crippen molar-refractivity contribution in [3.8, 4) is 0 Å². The van der Waals surface area contributed by atoms with Crippen molar-refractivity contribution in [3.63, 3.8) is 0 Å². The summed E-state index contributed by atoms with van der Waals surface area (Å²) in [5.74, 6) is 1.84. The van der Waals surface area contributed by atoms with Gasteiger partial charge in [-0.25, -0.2) is 8.42 Å². The lowest BCUT2D eigenvalue weighted by Crippen LogP contribution is -2.36. The minimum Gasteiger partial charge on any atom is -0.314 e. The molecule has 5 heteroatoms. The lowest BCUT2D eigenvalue weighted by molar-refractivity contribution is 0.289. The van der Waals surface area contributed by atoms with Gasteiger partial charge < -0.3 is 5.32 Å². The third kappa shape index (κ3) is 4.78. The molecule has 1 aromatic carbocycles. The second kappa shape index (κ2) is 7.32. The maximum atomic E-state index is 11.2. The molecule has 0 aromatic heterocycles. The van der Waals surface area contributed by atoms with Crippen molar-refractivity contribution in [2.45, 2.75) is 31.8 Å². The molecule has 2 fully saturated rings. The van der Waals surface area contributed by atoms with Crippen LogP contribution in [0.25, 0.3) is 0 Å². The standard InChI is InChI=1S/C18H28N2O2S/c1-23(21,22)11-5-10-19-18-9-8-16-13-20(14-17(16)18)12-15-6-3-2-4-7-15/h2-4,6-7,16-19H,5,8-14H2,1H3/t16-,17+,18-/m1/s1. The number of likely N-dealkylation sites (tertiary alicyclic amines) is 1.